The maximum absolute atomic E-state index is 13.4. The number of ether oxygens (including phenoxy) is 1. The summed E-state index contributed by atoms with van der Waals surface area (Å²) in [6.07, 6.45) is 0.896. The van der Waals surface area contributed by atoms with Crippen LogP contribution in [0.15, 0.2) is 28.7 Å². The highest BCUT2D eigenvalue weighted by atomic mass is 79.9. The summed E-state index contributed by atoms with van der Waals surface area (Å²) in [5.41, 5.74) is 2.05. The SMILES string of the molecule is CCc1cc(COc2ccc(Br)c(F)c2)n(CC)n1. The van der Waals surface area contributed by atoms with Crippen LogP contribution >= 0.6 is 15.9 Å². The Bertz CT molecular complexity index is 569. The lowest BCUT2D eigenvalue weighted by molar-refractivity contribution is 0.291. The second-order valence-electron chi connectivity index (χ2n) is 4.16. The average Bonchev–Trinajstić information content (AvgIpc) is 2.82. The van der Waals surface area contributed by atoms with Gasteiger partial charge in [-0.3, -0.25) is 4.68 Å². The number of rotatable bonds is 5. The summed E-state index contributed by atoms with van der Waals surface area (Å²) < 4.78 is 21.3. The molecule has 1 aromatic carbocycles. The summed E-state index contributed by atoms with van der Waals surface area (Å²) >= 11 is 3.12. The molecule has 0 fully saturated rings. The van der Waals surface area contributed by atoms with Crippen molar-refractivity contribution in [3.8, 4) is 5.75 Å². The number of aromatic nitrogens is 2. The third-order valence-corrected chi connectivity index (χ3v) is 3.50. The molecule has 1 aromatic heterocycles. The van der Waals surface area contributed by atoms with Gasteiger partial charge in [0.2, 0.25) is 0 Å². The summed E-state index contributed by atoms with van der Waals surface area (Å²) in [5, 5.41) is 4.45. The molecule has 3 nitrogen and oxygen atoms in total. The number of aryl methyl sites for hydroxylation is 2. The largest absolute Gasteiger partial charge is 0.487 e. The molecule has 1 heterocycles. The van der Waals surface area contributed by atoms with Crippen LogP contribution in [-0.4, -0.2) is 9.78 Å². The van der Waals surface area contributed by atoms with Gasteiger partial charge in [0.15, 0.2) is 0 Å². The summed E-state index contributed by atoms with van der Waals surface area (Å²) in [5.74, 6) is 0.193. The lowest BCUT2D eigenvalue weighted by atomic mass is 10.3. The maximum atomic E-state index is 13.4. The first kappa shape index (κ1) is 14.1. The van der Waals surface area contributed by atoms with E-state index in [0.717, 1.165) is 24.4 Å². The molecule has 19 heavy (non-hydrogen) atoms. The first-order valence-corrected chi connectivity index (χ1v) is 7.06. The second-order valence-corrected chi connectivity index (χ2v) is 5.02. The van der Waals surface area contributed by atoms with Crippen molar-refractivity contribution < 1.29 is 9.13 Å². The zero-order valence-corrected chi connectivity index (χ0v) is 12.6. The van der Waals surface area contributed by atoms with Crippen molar-refractivity contribution in [2.45, 2.75) is 33.4 Å². The number of nitrogens with zero attached hydrogens (tertiary/aromatic N) is 2. The van der Waals surface area contributed by atoms with E-state index in [0.29, 0.717) is 16.8 Å². The Morgan fingerprint density at radius 1 is 1.32 bits per heavy atom. The Hall–Kier alpha value is -1.36. The van der Waals surface area contributed by atoms with Gasteiger partial charge < -0.3 is 4.74 Å². The van der Waals surface area contributed by atoms with Crippen LogP contribution in [0, 0.1) is 5.82 Å². The molecule has 0 aliphatic heterocycles. The van der Waals surface area contributed by atoms with Gasteiger partial charge in [0, 0.05) is 12.6 Å². The molecule has 0 bridgehead atoms. The summed E-state index contributed by atoms with van der Waals surface area (Å²) in [4.78, 5) is 0. The highest BCUT2D eigenvalue weighted by molar-refractivity contribution is 9.10. The van der Waals surface area contributed by atoms with Crippen LogP contribution in [-0.2, 0) is 19.6 Å². The smallest absolute Gasteiger partial charge is 0.141 e. The molecule has 0 atom stereocenters. The lowest BCUT2D eigenvalue weighted by Gasteiger charge is -2.08. The van der Waals surface area contributed by atoms with Gasteiger partial charge in [0.05, 0.1) is 15.9 Å². The molecular formula is C14H16BrFN2O. The monoisotopic (exact) mass is 326 g/mol. The van der Waals surface area contributed by atoms with E-state index in [9.17, 15) is 4.39 Å². The molecular weight excluding hydrogens is 311 g/mol. The minimum atomic E-state index is -0.323. The number of hydrogen-bond donors (Lipinski definition) is 0. The van der Waals surface area contributed by atoms with Crippen molar-refractivity contribution in [2.75, 3.05) is 0 Å². The first-order chi connectivity index (χ1) is 9.13. The van der Waals surface area contributed by atoms with Crippen LogP contribution < -0.4 is 4.74 Å². The molecule has 2 rings (SSSR count). The molecule has 2 aromatic rings. The molecule has 0 aliphatic carbocycles. The Balaban J connectivity index is 2.09. The zero-order chi connectivity index (χ0) is 13.8. The fourth-order valence-corrected chi connectivity index (χ4v) is 2.05. The minimum Gasteiger partial charge on any atom is -0.487 e. The molecule has 0 spiro atoms. The van der Waals surface area contributed by atoms with Gasteiger partial charge in [-0.1, -0.05) is 6.92 Å². The van der Waals surface area contributed by atoms with E-state index < -0.39 is 0 Å². The van der Waals surface area contributed by atoms with Crippen LogP contribution in [0.4, 0.5) is 4.39 Å². The van der Waals surface area contributed by atoms with Gasteiger partial charge in [-0.25, -0.2) is 4.39 Å². The van der Waals surface area contributed by atoms with Crippen molar-refractivity contribution in [3.63, 3.8) is 0 Å². The predicted molar refractivity (Wildman–Crippen MR) is 75.7 cm³/mol. The highest BCUT2D eigenvalue weighted by Crippen LogP contribution is 2.21. The van der Waals surface area contributed by atoms with Crippen LogP contribution in [0.2, 0.25) is 0 Å². The minimum absolute atomic E-state index is 0.323. The topological polar surface area (TPSA) is 27.1 Å². The third-order valence-electron chi connectivity index (χ3n) is 2.85. The average molecular weight is 327 g/mol. The standard InChI is InChI=1S/C14H16BrFN2O/c1-3-10-7-11(18(4-2)17-10)9-19-12-5-6-13(15)14(16)8-12/h5-8H,3-4,9H2,1-2H3. The van der Waals surface area contributed by atoms with E-state index in [1.165, 1.54) is 6.07 Å². The Labute approximate surface area is 120 Å². The van der Waals surface area contributed by atoms with Gasteiger partial charge in [-0.2, -0.15) is 5.10 Å². The molecule has 5 heteroatoms. The van der Waals surface area contributed by atoms with Crippen molar-refractivity contribution >= 4 is 15.9 Å². The van der Waals surface area contributed by atoms with Crippen molar-refractivity contribution in [1.82, 2.24) is 9.78 Å². The summed E-state index contributed by atoms with van der Waals surface area (Å²) in [7, 11) is 0. The van der Waals surface area contributed by atoms with Crippen molar-refractivity contribution in [3.05, 3.63) is 45.9 Å². The molecule has 0 aliphatic rings. The van der Waals surface area contributed by atoms with E-state index in [2.05, 4.69) is 28.0 Å². The molecule has 0 radical (unpaired) electrons. The maximum Gasteiger partial charge on any atom is 0.141 e. The molecule has 102 valence electrons. The van der Waals surface area contributed by atoms with Crippen LogP contribution in [0.25, 0.3) is 0 Å². The molecule has 0 saturated carbocycles. The van der Waals surface area contributed by atoms with E-state index >= 15 is 0 Å². The number of hydrogen-bond acceptors (Lipinski definition) is 2. The van der Waals surface area contributed by atoms with Gasteiger partial charge in [-0.15, -0.1) is 0 Å². The van der Waals surface area contributed by atoms with E-state index in [1.54, 1.807) is 12.1 Å². The zero-order valence-electron chi connectivity index (χ0n) is 11.0. The molecule has 0 amide bonds. The Morgan fingerprint density at radius 2 is 2.11 bits per heavy atom. The summed E-state index contributed by atoms with van der Waals surface area (Å²) in [6.45, 7) is 5.29. The van der Waals surface area contributed by atoms with Crippen molar-refractivity contribution in [2.24, 2.45) is 0 Å². The molecule has 0 saturated heterocycles. The molecule has 0 unspecified atom stereocenters. The van der Waals surface area contributed by atoms with E-state index in [4.69, 9.17) is 4.74 Å². The van der Waals surface area contributed by atoms with Gasteiger partial charge in [0.1, 0.15) is 18.2 Å². The summed E-state index contributed by atoms with van der Waals surface area (Å²) in [6, 6.07) is 6.77. The third kappa shape index (κ3) is 3.35. The Kier molecular flexibility index (Phi) is 4.58. The first-order valence-electron chi connectivity index (χ1n) is 6.27. The fourth-order valence-electron chi connectivity index (χ4n) is 1.80. The quantitative estimate of drug-likeness (QED) is 0.831. The lowest BCUT2D eigenvalue weighted by Crippen LogP contribution is -2.06. The Morgan fingerprint density at radius 3 is 2.74 bits per heavy atom. The fraction of sp³-hybridized carbons (Fsp3) is 0.357. The number of halogens is 2. The van der Waals surface area contributed by atoms with Crippen molar-refractivity contribution in [1.29, 1.82) is 0 Å². The highest BCUT2D eigenvalue weighted by Gasteiger charge is 2.07. The predicted octanol–water partition coefficient (Wildman–Crippen LogP) is 3.95. The second kappa shape index (κ2) is 6.19. The normalized spacial score (nSPS) is 10.7. The van der Waals surface area contributed by atoms with E-state index in [1.807, 2.05) is 17.7 Å². The molecule has 0 N–H and O–H groups in total. The van der Waals surface area contributed by atoms with Crippen LogP contribution in [0.5, 0.6) is 5.75 Å². The number of benzene rings is 1. The van der Waals surface area contributed by atoms with Gasteiger partial charge in [0.25, 0.3) is 0 Å². The van der Waals surface area contributed by atoms with Crippen LogP contribution in [0.1, 0.15) is 25.2 Å². The van der Waals surface area contributed by atoms with Crippen LogP contribution in [0.3, 0.4) is 0 Å². The van der Waals surface area contributed by atoms with Gasteiger partial charge >= 0.3 is 0 Å². The van der Waals surface area contributed by atoms with Gasteiger partial charge in [-0.05, 0) is 47.5 Å². The van der Waals surface area contributed by atoms with E-state index in [-0.39, 0.29) is 5.82 Å².